The van der Waals surface area contributed by atoms with Crippen LogP contribution in [0.1, 0.15) is 47.2 Å². The Hall–Kier alpha value is -3.58. The molecule has 0 amide bonds. The van der Waals surface area contributed by atoms with Crippen LogP contribution in [-0.2, 0) is 12.8 Å². The van der Waals surface area contributed by atoms with E-state index < -0.39 is 0 Å². The normalized spacial score (nSPS) is 13.0. The Kier molecular flexibility index (Phi) is 7.27. The molecule has 0 spiro atoms. The minimum atomic E-state index is 0. The Labute approximate surface area is 212 Å². The lowest BCUT2D eigenvalue weighted by Crippen LogP contribution is -1.89. The Morgan fingerprint density at radius 3 is 1.20 bits per heavy atom. The zero-order chi connectivity index (χ0) is 23.7. The molecular formula is C34H32B. The van der Waals surface area contributed by atoms with Gasteiger partial charge in [-0.25, -0.2) is 0 Å². The van der Waals surface area contributed by atoms with Crippen LogP contribution in [0.15, 0.2) is 96.1 Å². The first-order chi connectivity index (χ1) is 16.5. The number of hydrogen-bond acceptors (Lipinski definition) is 0. The molecule has 0 nitrogen and oxygen atoms in total. The average Bonchev–Trinajstić information content (AvgIpc) is 3.41. The van der Waals surface area contributed by atoms with Crippen molar-refractivity contribution in [2.45, 2.75) is 40.5 Å². The van der Waals surface area contributed by atoms with E-state index in [-0.39, 0.29) is 8.41 Å². The molecule has 35 heavy (non-hydrogen) atoms. The summed E-state index contributed by atoms with van der Waals surface area (Å²) in [6, 6.07) is 30.5. The smallest absolute Gasteiger partial charge is 0 e. The van der Waals surface area contributed by atoms with Gasteiger partial charge in [-0.1, -0.05) is 108 Å². The monoisotopic (exact) mass is 451 g/mol. The second-order valence-corrected chi connectivity index (χ2v) is 9.72. The first-order valence-electron chi connectivity index (χ1n) is 12.2. The van der Waals surface area contributed by atoms with E-state index >= 15 is 0 Å². The SMILES string of the molecule is CC1=Cc2c(cccc2-c2ccccc2C)C1.CC1=Cc2c(cccc2-c2ccccc2C)C1.[B]. The molecule has 4 aromatic rings. The van der Waals surface area contributed by atoms with Gasteiger partial charge < -0.3 is 0 Å². The lowest BCUT2D eigenvalue weighted by molar-refractivity contribution is 1.19. The average molecular weight is 451 g/mol. The van der Waals surface area contributed by atoms with E-state index in [1.165, 1.54) is 66.8 Å². The van der Waals surface area contributed by atoms with Crippen LogP contribution >= 0.6 is 0 Å². The zero-order valence-electron chi connectivity index (χ0n) is 21.2. The minimum absolute atomic E-state index is 0. The molecule has 3 radical (unpaired) electrons. The van der Waals surface area contributed by atoms with Crippen LogP contribution < -0.4 is 0 Å². The van der Waals surface area contributed by atoms with Gasteiger partial charge in [0, 0.05) is 8.41 Å². The summed E-state index contributed by atoms with van der Waals surface area (Å²) in [5, 5.41) is 0. The maximum atomic E-state index is 2.33. The fraction of sp³-hybridized carbons (Fsp3) is 0.176. The standard InChI is InChI=1S/2C17H16.B/c2*1-12-10-14-7-5-9-16(17(14)11-12)15-8-4-3-6-13(15)2;/h2*3-9,11H,10H2,1-2H3;. The number of aryl methyl sites for hydroxylation is 2. The van der Waals surface area contributed by atoms with Crippen LogP contribution in [0.25, 0.3) is 34.4 Å². The minimum Gasteiger partial charge on any atom is -0.0683 e. The van der Waals surface area contributed by atoms with Crippen LogP contribution in [0, 0.1) is 13.8 Å². The summed E-state index contributed by atoms with van der Waals surface area (Å²) in [6.07, 6.45) is 6.87. The summed E-state index contributed by atoms with van der Waals surface area (Å²) in [7, 11) is 0. The summed E-state index contributed by atoms with van der Waals surface area (Å²) in [5.74, 6) is 0. The highest BCUT2D eigenvalue weighted by Gasteiger charge is 2.16. The van der Waals surface area contributed by atoms with E-state index in [0.717, 1.165) is 12.8 Å². The van der Waals surface area contributed by atoms with E-state index in [1.807, 2.05) is 0 Å². The number of rotatable bonds is 2. The van der Waals surface area contributed by atoms with Gasteiger partial charge in [-0.2, -0.15) is 0 Å². The van der Waals surface area contributed by atoms with Crippen molar-refractivity contribution in [3.63, 3.8) is 0 Å². The Morgan fingerprint density at radius 2 is 0.800 bits per heavy atom. The molecule has 4 aromatic carbocycles. The molecule has 171 valence electrons. The van der Waals surface area contributed by atoms with E-state index in [4.69, 9.17) is 0 Å². The van der Waals surface area contributed by atoms with Crippen molar-refractivity contribution < 1.29 is 0 Å². The summed E-state index contributed by atoms with van der Waals surface area (Å²) < 4.78 is 0. The van der Waals surface area contributed by atoms with Crippen molar-refractivity contribution in [3.05, 3.63) is 129 Å². The molecule has 2 aliphatic rings. The summed E-state index contributed by atoms with van der Waals surface area (Å²) in [4.78, 5) is 0. The van der Waals surface area contributed by atoms with Gasteiger partial charge >= 0.3 is 0 Å². The summed E-state index contributed by atoms with van der Waals surface area (Å²) in [5.41, 5.74) is 16.8. The number of allylic oxidation sites excluding steroid dienone is 2. The lowest BCUT2D eigenvalue weighted by Gasteiger charge is -2.10. The maximum absolute atomic E-state index is 2.33. The Morgan fingerprint density at radius 1 is 0.429 bits per heavy atom. The predicted octanol–water partition coefficient (Wildman–Crippen LogP) is 8.86. The fourth-order valence-corrected chi connectivity index (χ4v) is 5.29. The number of hydrogen-bond donors (Lipinski definition) is 0. The molecule has 0 heterocycles. The molecule has 2 aliphatic carbocycles. The second-order valence-electron chi connectivity index (χ2n) is 9.72. The maximum Gasteiger partial charge on any atom is 0 e. The Balaban J connectivity index is 0.000000160. The largest absolute Gasteiger partial charge is 0.0683 e. The van der Waals surface area contributed by atoms with Crippen molar-refractivity contribution in [2.75, 3.05) is 0 Å². The van der Waals surface area contributed by atoms with Gasteiger partial charge in [0.25, 0.3) is 0 Å². The van der Waals surface area contributed by atoms with Crippen LogP contribution in [0.5, 0.6) is 0 Å². The highest BCUT2D eigenvalue weighted by Crippen LogP contribution is 2.36. The van der Waals surface area contributed by atoms with E-state index in [2.05, 4.69) is 125 Å². The van der Waals surface area contributed by atoms with Crippen molar-refractivity contribution in [2.24, 2.45) is 0 Å². The van der Waals surface area contributed by atoms with E-state index in [1.54, 1.807) is 0 Å². The van der Waals surface area contributed by atoms with Crippen molar-refractivity contribution in [1.29, 1.82) is 0 Å². The molecule has 0 fully saturated rings. The Bertz CT molecular complexity index is 1320. The van der Waals surface area contributed by atoms with Gasteiger partial charge in [0.05, 0.1) is 0 Å². The molecule has 6 rings (SSSR count). The topological polar surface area (TPSA) is 0 Å². The fourth-order valence-electron chi connectivity index (χ4n) is 5.29. The summed E-state index contributed by atoms with van der Waals surface area (Å²) >= 11 is 0. The molecule has 0 atom stereocenters. The van der Waals surface area contributed by atoms with Gasteiger partial charge in [0.1, 0.15) is 0 Å². The van der Waals surface area contributed by atoms with Crippen LogP contribution in [0.4, 0.5) is 0 Å². The number of benzene rings is 4. The van der Waals surface area contributed by atoms with Crippen LogP contribution in [0.3, 0.4) is 0 Å². The van der Waals surface area contributed by atoms with E-state index in [9.17, 15) is 0 Å². The molecule has 0 bridgehead atoms. The first kappa shape index (κ1) is 24.5. The van der Waals surface area contributed by atoms with Gasteiger partial charge in [-0.3, -0.25) is 0 Å². The molecule has 0 saturated carbocycles. The molecule has 0 N–H and O–H groups in total. The van der Waals surface area contributed by atoms with E-state index in [0.29, 0.717) is 0 Å². The summed E-state index contributed by atoms with van der Waals surface area (Å²) in [6.45, 7) is 8.78. The van der Waals surface area contributed by atoms with Crippen LogP contribution in [-0.4, -0.2) is 8.41 Å². The third-order valence-electron chi connectivity index (χ3n) is 6.98. The molecule has 0 aromatic heterocycles. The van der Waals surface area contributed by atoms with Crippen LogP contribution in [0.2, 0.25) is 0 Å². The van der Waals surface area contributed by atoms with Gasteiger partial charge in [0.2, 0.25) is 0 Å². The highest BCUT2D eigenvalue weighted by atomic mass is 14.2. The third kappa shape index (κ3) is 4.96. The third-order valence-corrected chi connectivity index (χ3v) is 6.98. The molecule has 0 unspecified atom stereocenters. The first-order valence-corrected chi connectivity index (χ1v) is 12.2. The highest BCUT2D eigenvalue weighted by molar-refractivity contribution is 5.83. The molecular weight excluding hydrogens is 419 g/mol. The van der Waals surface area contributed by atoms with Gasteiger partial charge in [-0.05, 0) is 96.2 Å². The van der Waals surface area contributed by atoms with Crippen molar-refractivity contribution >= 4 is 20.6 Å². The van der Waals surface area contributed by atoms with Crippen molar-refractivity contribution in [1.82, 2.24) is 0 Å². The van der Waals surface area contributed by atoms with Gasteiger partial charge in [0.15, 0.2) is 0 Å². The molecule has 0 aliphatic heterocycles. The van der Waals surface area contributed by atoms with Crippen molar-refractivity contribution in [3.8, 4) is 22.3 Å². The second kappa shape index (κ2) is 10.4. The predicted molar refractivity (Wildman–Crippen MR) is 154 cm³/mol. The molecule has 0 saturated heterocycles. The zero-order valence-corrected chi connectivity index (χ0v) is 21.2. The molecule has 1 heteroatoms. The quantitative estimate of drug-likeness (QED) is 0.267. The number of fused-ring (bicyclic) bond motifs is 2. The lowest BCUT2D eigenvalue weighted by atomic mass is 9.94. The van der Waals surface area contributed by atoms with Gasteiger partial charge in [-0.15, -0.1) is 0 Å².